The third-order valence-corrected chi connectivity index (χ3v) is 3.40. The Hall–Kier alpha value is -1.38. The lowest BCUT2D eigenvalue weighted by molar-refractivity contribution is 0.112. The van der Waals surface area contributed by atoms with Crippen molar-refractivity contribution in [2.24, 2.45) is 5.92 Å². The molecule has 1 aromatic rings. The van der Waals surface area contributed by atoms with Gasteiger partial charge in [0.05, 0.1) is 6.61 Å². The van der Waals surface area contributed by atoms with Crippen LogP contribution in [0.3, 0.4) is 0 Å². The summed E-state index contributed by atoms with van der Waals surface area (Å²) in [6.45, 7) is 0.708. The van der Waals surface area contributed by atoms with Gasteiger partial charge in [0.15, 0.2) is 0 Å². The topological polar surface area (TPSA) is 39.2 Å². The van der Waals surface area contributed by atoms with Crippen molar-refractivity contribution in [3.8, 4) is 5.88 Å². The summed E-state index contributed by atoms with van der Waals surface area (Å²) in [6, 6.07) is 3.37. The summed E-state index contributed by atoms with van der Waals surface area (Å²) < 4.78 is 5.58. The molecule has 1 aliphatic rings. The van der Waals surface area contributed by atoms with Crippen molar-refractivity contribution in [2.75, 3.05) is 6.61 Å². The molecule has 0 saturated heterocycles. The monoisotopic (exact) mass is 233 g/mol. The molecule has 0 N–H and O–H groups in total. The largest absolute Gasteiger partial charge is 0.478 e. The molecule has 92 valence electrons. The number of hydrogen-bond acceptors (Lipinski definition) is 3. The molecule has 1 aromatic heterocycles. The molecule has 3 heteroatoms. The first-order valence-corrected chi connectivity index (χ1v) is 6.42. The van der Waals surface area contributed by atoms with Crippen LogP contribution in [0.4, 0.5) is 0 Å². The van der Waals surface area contributed by atoms with Crippen molar-refractivity contribution in [2.45, 2.75) is 38.5 Å². The first kappa shape index (κ1) is 12.1. The summed E-state index contributed by atoms with van der Waals surface area (Å²) in [5, 5.41) is 0. The third kappa shape index (κ3) is 3.84. The van der Waals surface area contributed by atoms with E-state index in [9.17, 15) is 4.79 Å². The predicted molar refractivity (Wildman–Crippen MR) is 66.3 cm³/mol. The van der Waals surface area contributed by atoms with E-state index in [2.05, 4.69) is 4.98 Å². The van der Waals surface area contributed by atoms with Crippen LogP contribution in [-0.2, 0) is 0 Å². The summed E-state index contributed by atoms with van der Waals surface area (Å²) in [7, 11) is 0. The highest BCUT2D eigenvalue weighted by molar-refractivity contribution is 5.74. The quantitative estimate of drug-likeness (QED) is 0.733. The average molecular weight is 233 g/mol. The van der Waals surface area contributed by atoms with E-state index >= 15 is 0 Å². The number of carbonyl (C=O) groups excluding carboxylic acids is 1. The minimum atomic E-state index is 0.561. The van der Waals surface area contributed by atoms with E-state index in [1.54, 1.807) is 18.3 Å². The van der Waals surface area contributed by atoms with Crippen molar-refractivity contribution in [1.29, 1.82) is 0 Å². The van der Waals surface area contributed by atoms with Crippen LogP contribution in [0.25, 0.3) is 0 Å². The Bertz CT molecular complexity index is 359. The van der Waals surface area contributed by atoms with Crippen LogP contribution in [0.2, 0.25) is 0 Å². The number of rotatable bonds is 5. The lowest BCUT2D eigenvalue weighted by Gasteiger charge is -2.21. The number of hydrogen-bond donors (Lipinski definition) is 0. The standard InChI is InChI=1S/C14H19NO2/c16-11-13-6-8-15-14(10-13)17-9-7-12-4-2-1-3-5-12/h6,8,10-12H,1-5,7,9H2. The highest BCUT2D eigenvalue weighted by Crippen LogP contribution is 2.26. The van der Waals surface area contributed by atoms with Crippen LogP contribution in [0.1, 0.15) is 48.9 Å². The molecule has 3 nitrogen and oxygen atoms in total. The van der Waals surface area contributed by atoms with Crippen LogP contribution in [0.15, 0.2) is 18.3 Å². The molecule has 0 radical (unpaired) electrons. The van der Waals surface area contributed by atoms with Gasteiger partial charge in [0.25, 0.3) is 0 Å². The van der Waals surface area contributed by atoms with Crippen LogP contribution >= 0.6 is 0 Å². The van der Waals surface area contributed by atoms with Gasteiger partial charge in [-0.3, -0.25) is 4.79 Å². The first-order valence-electron chi connectivity index (χ1n) is 6.42. The maximum Gasteiger partial charge on any atom is 0.213 e. The second kappa shape index (κ2) is 6.38. The molecule has 0 aromatic carbocycles. The van der Waals surface area contributed by atoms with Crippen LogP contribution < -0.4 is 4.74 Å². The molecule has 0 aliphatic heterocycles. The Balaban J connectivity index is 1.75. The van der Waals surface area contributed by atoms with Gasteiger partial charge in [-0.2, -0.15) is 0 Å². The zero-order valence-electron chi connectivity index (χ0n) is 10.1. The zero-order chi connectivity index (χ0) is 11.9. The molecule has 0 bridgehead atoms. The zero-order valence-corrected chi connectivity index (χ0v) is 10.1. The average Bonchev–Trinajstić information content (AvgIpc) is 2.40. The van der Waals surface area contributed by atoms with E-state index in [1.807, 2.05) is 0 Å². The number of aldehydes is 1. The van der Waals surface area contributed by atoms with Crippen molar-refractivity contribution < 1.29 is 9.53 Å². The van der Waals surface area contributed by atoms with Crippen molar-refractivity contribution in [3.63, 3.8) is 0 Å². The van der Waals surface area contributed by atoms with Gasteiger partial charge < -0.3 is 4.74 Å². The lowest BCUT2D eigenvalue weighted by Crippen LogP contribution is -2.11. The molecule has 0 atom stereocenters. The van der Waals surface area contributed by atoms with Crippen LogP contribution in [0.5, 0.6) is 5.88 Å². The summed E-state index contributed by atoms with van der Waals surface area (Å²) >= 11 is 0. The molecule has 0 spiro atoms. The van der Waals surface area contributed by atoms with E-state index in [0.717, 1.165) is 18.6 Å². The van der Waals surface area contributed by atoms with Gasteiger partial charge in [-0.25, -0.2) is 4.98 Å². The van der Waals surface area contributed by atoms with E-state index in [1.165, 1.54) is 32.1 Å². The van der Waals surface area contributed by atoms with Crippen molar-refractivity contribution >= 4 is 6.29 Å². The van der Waals surface area contributed by atoms with E-state index in [4.69, 9.17) is 4.74 Å². The molecule has 17 heavy (non-hydrogen) atoms. The number of ether oxygens (including phenoxy) is 1. The fraction of sp³-hybridized carbons (Fsp3) is 0.571. The maximum absolute atomic E-state index is 10.6. The molecular formula is C14H19NO2. The van der Waals surface area contributed by atoms with Crippen LogP contribution in [-0.4, -0.2) is 17.9 Å². The number of pyridine rings is 1. The highest BCUT2D eigenvalue weighted by Gasteiger charge is 2.13. The molecule has 1 aliphatic carbocycles. The number of aromatic nitrogens is 1. The van der Waals surface area contributed by atoms with Crippen molar-refractivity contribution in [3.05, 3.63) is 23.9 Å². The minimum absolute atomic E-state index is 0.561. The maximum atomic E-state index is 10.6. The second-order valence-electron chi connectivity index (χ2n) is 4.69. The number of carbonyl (C=O) groups is 1. The van der Waals surface area contributed by atoms with E-state index in [0.29, 0.717) is 18.1 Å². The fourth-order valence-corrected chi connectivity index (χ4v) is 2.38. The number of nitrogens with zero attached hydrogens (tertiary/aromatic N) is 1. The highest BCUT2D eigenvalue weighted by atomic mass is 16.5. The predicted octanol–water partition coefficient (Wildman–Crippen LogP) is 3.24. The summed E-state index contributed by atoms with van der Waals surface area (Å²) in [5.74, 6) is 1.38. The van der Waals surface area contributed by atoms with Gasteiger partial charge in [-0.15, -0.1) is 0 Å². The molecular weight excluding hydrogens is 214 g/mol. The fourth-order valence-electron chi connectivity index (χ4n) is 2.38. The van der Waals surface area contributed by atoms with Crippen molar-refractivity contribution in [1.82, 2.24) is 4.98 Å². The van der Waals surface area contributed by atoms with Gasteiger partial charge in [-0.1, -0.05) is 32.1 Å². The molecule has 1 fully saturated rings. The molecule has 1 heterocycles. The first-order chi connectivity index (χ1) is 8.38. The van der Waals surface area contributed by atoms with Gasteiger partial charge in [0.2, 0.25) is 5.88 Å². The Morgan fingerprint density at radius 3 is 2.94 bits per heavy atom. The SMILES string of the molecule is O=Cc1ccnc(OCCC2CCCCC2)c1. The third-order valence-electron chi connectivity index (χ3n) is 3.40. The Morgan fingerprint density at radius 2 is 2.18 bits per heavy atom. The molecule has 0 unspecified atom stereocenters. The summed E-state index contributed by atoms with van der Waals surface area (Å²) in [4.78, 5) is 14.7. The molecule has 2 rings (SSSR count). The van der Waals surface area contributed by atoms with E-state index < -0.39 is 0 Å². The van der Waals surface area contributed by atoms with E-state index in [-0.39, 0.29) is 0 Å². The van der Waals surface area contributed by atoms with Gasteiger partial charge >= 0.3 is 0 Å². The Labute approximate surface area is 102 Å². The summed E-state index contributed by atoms with van der Waals surface area (Å²) in [5.41, 5.74) is 0.618. The second-order valence-corrected chi connectivity index (χ2v) is 4.69. The normalized spacial score (nSPS) is 16.7. The van der Waals surface area contributed by atoms with Crippen LogP contribution in [0, 0.1) is 5.92 Å². The molecule has 1 saturated carbocycles. The van der Waals surface area contributed by atoms with Gasteiger partial charge in [0, 0.05) is 17.8 Å². The van der Waals surface area contributed by atoms with Gasteiger partial charge in [-0.05, 0) is 18.4 Å². The van der Waals surface area contributed by atoms with Gasteiger partial charge in [0.1, 0.15) is 6.29 Å². The Kier molecular flexibility index (Phi) is 4.54. The molecule has 0 amide bonds. The Morgan fingerprint density at radius 1 is 1.35 bits per heavy atom. The lowest BCUT2D eigenvalue weighted by atomic mass is 9.87. The summed E-state index contributed by atoms with van der Waals surface area (Å²) in [6.07, 6.45) is 10.3. The minimum Gasteiger partial charge on any atom is -0.478 e. The smallest absolute Gasteiger partial charge is 0.213 e.